The van der Waals surface area contributed by atoms with Crippen LogP contribution in [0.1, 0.15) is 35.8 Å². The maximum absolute atomic E-state index is 9.54. The highest BCUT2D eigenvalue weighted by Crippen LogP contribution is 2.39. The molecule has 3 aromatic rings. The minimum atomic E-state index is 0.167. The summed E-state index contributed by atoms with van der Waals surface area (Å²) in [6.07, 6.45) is 5.39. The molecule has 3 aromatic heterocycles. The van der Waals surface area contributed by atoms with Crippen molar-refractivity contribution >= 4 is 17.2 Å². The van der Waals surface area contributed by atoms with E-state index in [0.717, 1.165) is 41.3 Å². The first-order chi connectivity index (χ1) is 12.3. The number of aromatic amines is 1. The van der Waals surface area contributed by atoms with Crippen molar-refractivity contribution in [2.24, 2.45) is 0 Å². The first-order valence-electron chi connectivity index (χ1n) is 8.32. The summed E-state index contributed by atoms with van der Waals surface area (Å²) in [5, 5.41) is 9.54. The van der Waals surface area contributed by atoms with Crippen LogP contribution in [0.2, 0.25) is 0 Å². The number of thiophene rings is 1. The molecule has 0 aromatic carbocycles. The molecule has 4 rings (SSSR count). The number of ether oxygens (including phenoxy) is 1. The minimum Gasteiger partial charge on any atom is -0.383 e. The Hall–Kier alpha value is -2.62. The molecular weight excluding hydrogens is 332 g/mol. The van der Waals surface area contributed by atoms with Gasteiger partial charge in [0, 0.05) is 28.1 Å². The summed E-state index contributed by atoms with van der Waals surface area (Å²) in [6.45, 7) is 0.820. The van der Waals surface area contributed by atoms with Gasteiger partial charge in [-0.3, -0.25) is 0 Å². The number of nitrogens with two attached hydrogens (primary N) is 1. The van der Waals surface area contributed by atoms with E-state index >= 15 is 0 Å². The van der Waals surface area contributed by atoms with E-state index in [0.29, 0.717) is 5.56 Å². The molecule has 5 nitrogen and oxygen atoms in total. The third-order valence-electron chi connectivity index (χ3n) is 4.42. The average Bonchev–Trinajstić information content (AvgIpc) is 3.34. The number of nitrogens with zero attached hydrogens (tertiary/aromatic N) is 2. The van der Waals surface area contributed by atoms with E-state index in [9.17, 15) is 5.26 Å². The molecule has 1 aliphatic heterocycles. The lowest BCUT2D eigenvalue weighted by Crippen LogP contribution is -2.09. The number of pyridine rings is 1. The molecule has 3 N–H and O–H groups in total. The SMILES string of the molecule is N#Cc1c(-c2ccc([C@H]3CCCCO3)s2)cc(-c2ccc[nH]2)nc1N. The van der Waals surface area contributed by atoms with Crippen LogP contribution in [0.15, 0.2) is 36.5 Å². The fraction of sp³-hybridized carbons (Fsp3) is 0.263. The molecule has 1 saturated heterocycles. The molecule has 0 unspecified atom stereocenters. The van der Waals surface area contributed by atoms with Gasteiger partial charge >= 0.3 is 0 Å². The van der Waals surface area contributed by atoms with Crippen molar-refractivity contribution in [2.45, 2.75) is 25.4 Å². The number of anilines is 1. The smallest absolute Gasteiger partial charge is 0.142 e. The van der Waals surface area contributed by atoms with E-state index in [4.69, 9.17) is 10.5 Å². The monoisotopic (exact) mass is 350 g/mol. The Morgan fingerprint density at radius 1 is 1.32 bits per heavy atom. The standard InChI is InChI=1S/C19H18N4OS/c20-11-13-12(10-15(23-19(13)21)14-4-3-8-22-14)17-6-7-18(25-17)16-5-1-2-9-24-16/h3-4,6-8,10,16,22H,1-2,5,9H2,(H2,21,23)/t16-/m1/s1. The number of rotatable bonds is 3. The van der Waals surface area contributed by atoms with Gasteiger partial charge in [0.1, 0.15) is 17.5 Å². The van der Waals surface area contributed by atoms with Gasteiger partial charge in [-0.1, -0.05) is 0 Å². The molecule has 25 heavy (non-hydrogen) atoms. The lowest BCUT2D eigenvalue weighted by molar-refractivity contribution is 0.0172. The molecule has 0 amide bonds. The Morgan fingerprint density at radius 3 is 2.96 bits per heavy atom. The normalized spacial score (nSPS) is 17.3. The fourth-order valence-corrected chi connectivity index (χ4v) is 4.25. The highest BCUT2D eigenvalue weighted by Gasteiger charge is 2.20. The first kappa shape index (κ1) is 15.9. The molecule has 0 aliphatic carbocycles. The fourth-order valence-electron chi connectivity index (χ4n) is 3.14. The zero-order valence-corrected chi connectivity index (χ0v) is 14.5. The Bertz CT molecular complexity index is 918. The van der Waals surface area contributed by atoms with Crippen LogP contribution in [0.25, 0.3) is 21.8 Å². The summed E-state index contributed by atoms with van der Waals surface area (Å²) in [7, 11) is 0. The third-order valence-corrected chi connectivity index (χ3v) is 5.63. The summed E-state index contributed by atoms with van der Waals surface area (Å²) in [5.74, 6) is 0.258. The largest absolute Gasteiger partial charge is 0.383 e. The van der Waals surface area contributed by atoms with Crippen molar-refractivity contribution in [3.8, 4) is 27.9 Å². The molecule has 0 spiro atoms. The van der Waals surface area contributed by atoms with Crippen LogP contribution in [0.4, 0.5) is 5.82 Å². The molecule has 0 saturated carbocycles. The topological polar surface area (TPSA) is 87.7 Å². The maximum atomic E-state index is 9.54. The molecule has 6 heteroatoms. The molecule has 0 bridgehead atoms. The van der Waals surface area contributed by atoms with Gasteiger partial charge in [0.05, 0.1) is 17.5 Å². The number of H-pyrrole nitrogens is 1. The lowest BCUT2D eigenvalue weighted by atomic mass is 10.1. The molecule has 0 radical (unpaired) electrons. The van der Waals surface area contributed by atoms with Gasteiger partial charge in [-0.2, -0.15) is 5.26 Å². The second-order valence-corrected chi connectivity index (χ2v) is 7.18. The van der Waals surface area contributed by atoms with Gasteiger partial charge in [-0.15, -0.1) is 11.3 Å². The Labute approximate surface area is 150 Å². The van der Waals surface area contributed by atoms with Gasteiger partial charge in [0.15, 0.2) is 0 Å². The van der Waals surface area contributed by atoms with Crippen LogP contribution in [0.5, 0.6) is 0 Å². The van der Waals surface area contributed by atoms with E-state index in [1.54, 1.807) is 11.3 Å². The van der Waals surface area contributed by atoms with Crippen LogP contribution < -0.4 is 5.73 Å². The van der Waals surface area contributed by atoms with Gasteiger partial charge in [-0.25, -0.2) is 4.98 Å². The summed E-state index contributed by atoms with van der Waals surface area (Å²) in [6, 6.07) is 12.1. The van der Waals surface area contributed by atoms with Crippen molar-refractivity contribution < 1.29 is 4.74 Å². The number of hydrogen-bond acceptors (Lipinski definition) is 5. The summed E-state index contributed by atoms with van der Waals surface area (Å²) in [5.41, 5.74) is 8.92. The predicted octanol–water partition coefficient (Wildman–Crippen LogP) is 4.50. The number of hydrogen-bond donors (Lipinski definition) is 2. The number of nitrogen functional groups attached to an aromatic ring is 1. The predicted molar refractivity (Wildman–Crippen MR) is 99.0 cm³/mol. The highest BCUT2D eigenvalue weighted by molar-refractivity contribution is 7.15. The summed E-state index contributed by atoms with van der Waals surface area (Å²) >= 11 is 1.67. The van der Waals surface area contributed by atoms with Gasteiger partial charge in [-0.05, 0) is 49.6 Å². The first-order valence-corrected chi connectivity index (χ1v) is 9.14. The average molecular weight is 350 g/mol. The van der Waals surface area contributed by atoms with Crippen molar-refractivity contribution in [1.29, 1.82) is 5.26 Å². The Kier molecular flexibility index (Phi) is 4.26. The second-order valence-electron chi connectivity index (χ2n) is 6.07. The van der Waals surface area contributed by atoms with Crippen molar-refractivity contribution in [3.05, 3.63) is 47.0 Å². The van der Waals surface area contributed by atoms with Crippen molar-refractivity contribution in [2.75, 3.05) is 12.3 Å². The Morgan fingerprint density at radius 2 is 2.24 bits per heavy atom. The van der Waals surface area contributed by atoms with Crippen LogP contribution in [0.3, 0.4) is 0 Å². The zero-order chi connectivity index (χ0) is 17.2. The van der Waals surface area contributed by atoms with E-state index in [1.807, 2.05) is 30.5 Å². The van der Waals surface area contributed by atoms with Gasteiger partial charge in [0.25, 0.3) is 0 Å². The van der Waals surface area contributed by atoms with Crippen molar-refractivity contribution in [3.63, 3.8) is 0 Å². The number of nitriles is 1. The maximum Gasteiger partial charge on any atom is 0.142 e. The summed E-state index contributed by atoms with van der Waals surface area (Å²) in [4.78, 5) is 9.73. The quantitative estimate of drug-likeness (QED) is 0.728. The lowest BCUT2D eigenvalue weighted by Gasteiger charge is -2.21. The van der Waals surface area contributed by atoms with E-state index < -0.39 is 0 Å². The second kappa shape index (κ2) is 6.71. The zero-order valence-electron chi connectivity index (χ0n) is 13.7. The molecular formula is C19H18N4OS. The number of aromatic nitrogens is 2. The highest BCUT2D eigenvalue weighted by atomic mass is 32.1. The van der Waals surface area contributed by atoms with Gasteiger partial charge < -0.3 is 15.5 Å². The molecule has 1 atom stereocenters. The molecule has 126 valence electrons. The van der Waals surface area contributed by atoms with Crippen LogP contribution >= 0.6 is 11.3 Å². The minimum absolute atomic E-state index is 0.167. The van der Waals surface area contributed by atoms with E-state index in [1.165, 1.54) is 11.3 Å². The molecule has 4 heterocycles. The summed E-state index contributed by atoms with van der Waals surface area (Å²) < 4.78 is 5.88. The number of nitrogens with one attached hydrogen (secondary N) is 1. The third kappa shape index (κ3) is 3.04. The van der Waals surface area contributed by atoms with E-state index in [-0.39, 0.29) is 11.9 Å². The molecule has 1 aliphatic rings. The van der Waals surface area contributed by atoms with E-state index in [2.05, 4.69) is 22.1 Å². The van der Waals surface area contributed by atoms with Crippen LogP contribution in [0, 0.1) is 11.3 Å². The molecule has 1 fully saturated rings. The Balaban J connectivity index is 1.76. The van der Waals surface area contributed by atoms with Crippen LogP contribution in [-0.2, 0) is 4.74 Å². The van der Waals surface area contributed by atoms with Gasteiger partial charge in [0.2, 0.25) is 0 Å². The van der Waals surface area contributed by atoms with Crippen molar-refractivity contribution in [1.82, 2.24) is 9.97 Å². The van der Waals surface area contributed by atoms with Crippen LogP contribution in [-0.4, -0.2) is 16.6 Å².